The number of amides is 1. The van der Waals surface area contributed by atoms with Gasteiger partial charge in [0.2, 0.25) is 0 Å². The monoisotopic (exact) mass is 514 g/mol. The minimum atomic E-state index is -3.56. The molecule has 0 bridgehead atoms. The van der Waals surface area contributed by atoms with Crippen molar-refractivity contribution < 1.29 is 27.1 Å². The molecule has 0 saturated carbocycles. The van der Waals surface area contributed by atoms with E-state index in [1.807, 2.05) is 11.8 Å². The quantitative estimate of drug-likeness (QED) is 0.526. The highest BCUT2D eigenvalue weighted by Crippen LogP contribution is 2.30. The zero-order chi connectivity index (χ0) is 26.0. The van der Waals surface area contributed by atoms with Crippen molar-refractivity contribution in [3.63, 3.8) is 0 Å². The molecule has 9 heteroatoms. The molecule has 4 rings (SSSR count). The summed E-state index contributed by atoms with van der Waals surface area (Å²) in [4.78, 5) is 17.0. The largest absolute Gasteiger partial charge is 0.388 e. The van der Waals surface area contributed by atoms with E-state index in [0.29, 0.717) is 55.0 Å². The summed E-state index contributed by atoms with van der Waals surface area (Å²) >= 11 is 0. The Balaban J connectivity index is 1.58. The van der Waals surface area contributed by atoms with Crippen LogP contribution in [-0.4, -0.2) is 56.8 Å². The van der Waals surface area contributed by atoms with E-state index < -0.39 is 27.6 Å². The number of piperazine rings is 1. The fraction of sp³-hybridized carbons (Fsp3) is 0.296. The number of nitrogens with zero attached hydrogens (tertiary/aromatic N) is 2. The predicted molar refractivity (Wildman–Crippen MR) is 135 cm³/mol. The Labute approximate surface area is 209 Å². The van der Waals surface area contributed by atoms with Gasteiger partial charge in [-0.15, -0.1) is 0 Å². The summed E-state index contributed by atoms with van der Waals surface area (Å²) in [6.07, 6.45) is 0.840. The zero-order valence-electron chi connectivity index (χ0n) is 20.1. The first-order chi connectivity index (χ1) is 17.1. The number of hydrogen-bond acceptors (Lipinski definition) is 5. The van der Waals surface area contributed by atoms with Gasteiger partial charge in [0.05, 0.1) is 16.7 Å². The van der Waals surface area contributed by atoms with Crippen molar-refractivity contribution in [2.24, 2.45) is 0 Å². The number of benzene rings is 3. The van der Waals surface area contributed by atoms with Crippen molar-refractivity contribution in [2.75, 3.05) is 37.3 Å². The molecule has 1 aliphatic rings. The van der Waals surface area contributed by atoms with Gasteiger partial charge in [-0.2, -0.15) is 0 Å². The third-order valence-electron chi connectivity index (χ3n) is 6.46. The zero-order valence-corrected chi connectivity index (χ0v) is 20.9. The van der Waals surface area contributed by atoms with Crippen molar-refractivity contribution >= 4 is 21.4 Å². The number of halogens is 2. The van der Waals surface area contributed by atoms with Crippen molar-refractivity contribution in [1.29, 1.82) is 0 Å². The number of carbonyl (C=O) groups excluding carboxylic acids is 1. The third kappa shape index (κ3) is 5.42. The molecule has 6 nitrogen and oxygen atoms in total. The maximum absolute atomic E-state index is 14.8. The number of anilines is 1. The van der Waals surface area contributed by atoms with Crippen molar-refractivity contribution in [3.8, 4) is 11.1 Å². The Morgan fingerprint density at radius 1 is 0.972 bits per heavy atom. The lowest BCUT2D eigenvalue weighted by Gasteiger charge is -2.36. The molecule has 190 valence electrons. The standard InChI is InChI=1S/C27H28F2N2O4S/c1-3-26(32)19-6-11-25(24(29)16-19)30-12-14-31(15-13-30)27(33)23-17-21(36(2,34)35)9-10-22(23)18-4-7-20(28)8-5-18/h4-11,16-17,26,32H,3,12-15H2,1-2H3. The topological polar surface area (TPSA) is 77.9 Å². The number of rotatable bonds is 6. The molecule has 3 aromatic rings. The fourth-order valence-electron chi connectivity index (χ4n) is 4.36. The van der Waals surface area contributed by atoms with Gasteiger partial charge in [-0.05, 0) is 59.5 Å². The first-order valence-corrected chi connectivity index (χ1v) is 13.6. The lowest BCUT2D eigenvalue weighted by Crippen LogP contribution is -2.49. The molecule has 1 saturated heterocycles. The van der Waals surface area contributed by atoms with Gasteiger partial charge in [-0.25, -0.2) is 17.2 Å². The Bertz CT molecular complexity index is 1370. The molecule has 1 atom stereocenters. The van der Waals surface area contributed by atoms with Crippen molar-refractivity contribution in [3.05, 3.63) is 83.4 Å². The van der Waals surface area contributed by atoms with Crippen LogP contribution in [0.5, 0.6) is 0 Å². The van der Waals surface area contributed by atoms with Crippen LogP contribution in [0.2, 0.25) is 0 Å². The molecule has 36 heavy (non-hydrogen) atoms. The Kier molecular flexibility index (Phi) is 7.42. The third-order valence-corrected chi connectivity index (χ3v) is 7.57. The number of aliphatic hydroxyl groups is 1. The van der Waals surface area contributed by atoms with Crippen molar-refractivity contribution in [1.82, 2.24) is 4.90 Å². The highest BCUT2D eigenvalue weighted by molar-refractivity contribution is 7.90. The van der Waals surface area contributed by atoms with E-state index in [4.69, 9.17) is 0 Å². The van der Waals surface area contributed by atoms with E-state index >= 15 is 0 Å². The SMILES string of the molecule is CCC(O)c1ccc(N2CCN(C(=O)c3cc(S(C)(=O)=O)ccc3-c3ccc(F)cc3)CC2)c(F)c1. The summed E-state index contributed by atoms with van der Waals surface area (Å²) in [5.74, 6) is -1.19. The van der Waals surface area contributed by atoms with E-state index in [0.717, 1.165) is 6.26 Å². The second-order valence-corrected chi connectivity index (χ2v) is 10.9. The minimum Gasteiger partial charge on any atom is -0.388 e. The van der Waals surface area contributed by atoms with Crippen LogP contribution in [0.1, 0.15) is 35.4 Å². The normalized spacial score (nSPS) is 15.1. The molecule has 1 N–H and O–H groups in total. The Hall–Kier alpha value is -3.30. The van der Waals surface area contributed by atoms with Gasteiger partial charge in [0.1, 0.15) is 11.6 Å². The van der Waals surface area contributed by atoms with Crippen LogP contribution in [-0.2, 0) is 9.84 Å². The Morgan fingerprint density at radius 3 is 2.22 bits per heavy atom. The van der Waals surface area contributed by atoms with Crippen LogP contribution in [0, 0.1) is 11.6 Å². The van der Waals surface area contributed by atoms with Gasteiger partial charge in [0, 0.05) is 38.0 Å². The summed E-state index contributed by atoms with van der Waals surface area (Å²) in [5.41, 5.74) is 2.23. The van der Waals surface area contributed by atoms with Gasteiger partial charge in [-0.1, -0.05) is 31.2 Å². The van der Waals surface area contributed by atoms with E-state index in [9.17, 15) is 27.1 Å². The lowest BCUT2D eigenvalue weighted by atomic mass is 9.98. The summed E-state index contributed by atoms with van der Waals surface area (Å²) in [6, 6.07) is 14.7. The summed E-state index contributed by atoms with van der Waals surface area (Å²) < 4.78 is 52.5. The smallest absolute Gasteiger partial charge is 0.254 e. The summed E-state index contributed by atoms with van der Waals surface area (Å²) in [6.45, 7) is 3.21. The number of carbonyl (C=O) groups is 1. The summed E-state index contributed by atoms with van der Waals surface area (Å²) in [7, 11) is -3.56. The van der Waals surface area contributed by atoms with Crippen LogP contribution in [0.25, 0.3) is 11.1 Å². The van der Waals surface area contributed by atoms with Crippen LogP contribution < -0.4 is 4.90 Å². The van der Waals surface area contributed by atoms with E-state index in [2.05, 4.69) is 0 Å². The average molecular weight is 515 g/mol. The highest BCUT2D eigenvalue weighted by Gasteiger charge is 2.27. The van der Waals surface area contributed by atoms with E-state index in [1.54, 1.807) is 35.2 Å². The number of hydrogen-bond donors (Lipinski definition) is 1. The fourth-order valence-corrected chi connectivity index (χ4v) is 5.00. The lowest BCUT2D eigenvalue weighted by molar-refractivity contribution is 0.0747. The van der Waals surface area contributed by atoms with Crippen LogP contribution in [0.4, 0.5) is 14.5 Å². The molecule has 0 spiro atoms. The van der Waals surface area contributed by atoms with Crippen LogP contribution in [0.15, 0.2) is 65.6 Å². The molecule has 1 heterocycles. The molecular weight excluding hydrogens is 486 g/mol. The van der Waals surface area contributed by atoms with E-state index in [1.165, 1.54) is 30.3 Å². The molecule has 1 amide bonds. The van der Waals surface area contributed by atoms with Crippen molar-refractivity contribution in [2.45, 2.75) is 24.3 Å². The Morgan fingerprint density at radius 2 is 1.64 bits per heavy atom. The van der Waals surface area contributed by atoms with E-state index in [-0.39, 0.29) is 16.4 Å². The predicted octanol–water partition coefficient (Wildman–Crippen LogP) is 4.44. The maximum Gasteiger partial charge on any atom is 0.254 e. The molecular formula is C27H28F2N2O4S. The van der Waals surface area contributed by atoms with Gasteiger partial charge >= 0.3 is 0 Å². The maximum atomic E-state index is 14.8. The second kappa shape index (κ2) is 10.4. The molecule has 3 aromatic carbocycles. The summed E-state index contributed by atoms with van der Waals surface area (Å²) in [5, 5.41) is 9.97. The van der Waals surface area contributed by atoms with Crippen LogP contribution in [0.3, 0.4) is 0 Å². The van der Waals surface area contributed by atoms with Gasteiger partial charge in [0.15, 0.2) is 9.84 Å². The first kappa shape index (κ1) is 25.8. The molecule has 1 aliphatic heterocycles. The average Bonchev–Trinajstić information content (AvgIpc) is 2.87. The van der Waals surface area contributed by atoms with Gasteiger partial charge in [0.25, 0.3) is 5.91 Å². The molecule has 0 aromatic heterocycles. The number of aliphatic hydroxyl groups excluding tert-OH is 1. The minimum absolute atomic E-state index is 0.0202. The first-order valence-electron chi connectivity index (χ1n) is 11.7. The molecule has 0 aliphatic carbocycles. The molecule has 0 radical (unpaired) electrons. The number of sulfone groups is 1. The van der Waals surface area contributed by atoms with Gasteiger partial charge < -0.3 is 14.9 Å². The molecule has 1 unspecified atom stereocenters. The highest BCUT2D eigenvalue weighted by atomic mass is 32.2. The van der Waals surface area contributed by atoms with Crippen LogP contribution >= 0.6 is 0 Å². The second-order valence-electron chi connectivity index (χ2n) is 8.90. The molecule has 1 fully saturated rings. The van der Waals surface area contributed by atoms with Gasteiger partial charge in [-0.3, -0.25) is 4.79 Å².